The number of benzene rings is 1. The Kier molecular flexibility index (Phi) is 8.31. The van der Waals surface area contributed by atoms with Gasteiger partial charge in [-0.15, -0.1) is 22.7 Å². The smallest absolute Gasteiger partial charge is 0.146 e. The third-order valence-electron chi connectivity index (χ3n) is 4.78. The van der Waals surface area contributed by atoms with Crippen molar-refractivity contribution in [3.05, 3.63) is 63.2 Å². The second-order valence-corrected chi connectivity index (χ2v) is 10.3. The van der Waals surface area contributed by atoms with Gasteiger partial charge in [0.1, 0.15) is 33.6 Å². The van der Waals surface area contributed by atoms with Crippen LogP contribution in [0.3, 0.4) is 0 Å². The number of nitrogens with zero attached hydrogens (tertiary/aromatic N) is 5. The standard InChI is InChI=1S/C23H17ClN6O2S3/c24-14-3-1-13(2-4-14)22-29-15(10-33-22)11-34-23-18(6-26)20(19-8-27-12-35-19)17(5-25)21(30-23)28-7-16(32)9-31/h1-4,8,10,12,16,31-32H,7,9,11H2,(H,28,30)/t16-/m1/s1. The Morgan fingerprint density at radius 1 is 1.11 bits per heavy atom. The van der Waals surface area contributed by atoms with Crippen LogP contribution in [-0.2, 0) is 5.75 Å². The molecule has 0 fully saturated rings. The molecule has 0 bridgehead atoms. The van der Waals surface area contributed by atoms with E-state index in [0.29, 0.717) is 26.2 Å². The lowest BCUT2D eigenvalue weighted by Crippen LogP contribution is -2.24. The molecular formula is C23H17ClN6O2S3. The van der Waals surface area contributed by atoms with E-state index in [1.165, 1.54) is 34.4 Å². The van der Waals surface area contributed by atoms with Crippen LogP contribution >= 0.6 is 46.0 Å². The van der Waals surface area contributed by atoms with Crippen molar-refractivity contribution in [3.63, 3.8) is 0 Å². The highest BCUT2D eigenvalue weighted by Gasteiger charge is 2.23. The number of nitriles is 2. The monoisotopic (exact) mass is 540 g/mol. The van der Waals surface area contributed by atoms with Crippen molar-refractivity contribution < 1.29 is 10.2 Å². The molecule has 3 heterocycles. The normalized spacial score (nSPS) is 11.6. The third-order valence-corrected chi connectivity index (χ3v) is 7.77. The second-order valence-electron chi connectivity index (χ2n) is 7.14. The lowest BCUT2D eigenvalue weighted by molar-refractivity contribution is 0.105. The van der Waals surface area contributed by atoms with E-state index in [1.54, 1.807) is 11.7 Å². The first kappa shape index (κ1) is 25.1. The van der Waals surface area contributed by atoms with E-state index < -0.39 is 12.7 Å². The molecule has 0 spiro atoms. The van der Waals surface area contributed by atoms with Crippen LogP contribution < -0.4 is 5.32 Å². The van der Waals surface area contributed by atoms with Crippen LogP contribution in [-0.4, -0.2) is 44.4 Å². The largest absolute Gasteiger partial charge is 0.394 e. The average Bonchev–Trinajstić information content (AvgIpc) is 3.58. The van der Waals surface area contributed by atoms with Gasteiger partial charge in [-0.25, -0.2) is 9.97 Å². The molecule has 1 atom stereocenters. The van der Waals surface area contributed by atoms with E-state index in [4.69, 9.17) is 16.7 Å². The van der Waals surface area contributed by atoms with E-state index in [0.717, 1.165) is 16.3 Å². The number of hydrogen-bond donors (Lipinski definition) is 3. The Bertz CT molecular complexity index is 1390. The number of pyridine rings is 1. The Morgan fingerprint density at radius 2 is 1.89 bits per heavy atom. The SMILES string of the molecule is N#Cc1c(NC[C@@H](O)CO)nc(SCc2csc(-c3ccc(Cl)cc3)n2)c(C#N)c1-c1cncs1. The van der Waals surface area contributed by atoms with Crippen LogP contribution in [0.4, 0.5) is 5.82 Å². The molecule has 0 amide bonds. The van der Waals surface area contributed by atoms with Gasteiger partial charge in [0.05, 0.1) is 34.4 Å². The number of aromatic nitrogens is 3. The molecule has 176 valence electrons. The van der Waals surface area contributed by atoms with Gasteiger partial charge in [-0.05, 0) is 12.1 Å². The van der Waals surface area contributed by atoms with E-state index >= 15 is 0 Å². The van der Waals surface area contributed by atoms with Crippen LogP contribution in [0.25, 0.3) is 21.0 Å². The van der Waals surface area contributed by atoms with Gasteiger partial charge < -0.3 is 15.5 Å². The van der Waals surface area contributed by atoms with Gasteiger partial charge in [0.2, 0.25) is 0 Å². The van der Waals surface area contributed by atoms with E-state index in [9.17, 15) is 15.6 Å². The molecule has 0 aliphatic carbocycles. The highest BCUT2D eigenvalue weighted by molar-refractivity contribution is 7.98. The Balaban J connectivity index is 1.67. The van der Waals surface area contributed by atoms with Crippen LogP contribution in [0.5, 0.6) is 0 Å². The zero-order valence-electron chi connectivity index (χ0n) is 18.0. The van der Waals surface area contributed by atoms with Gasteiger partial charge in [0, 0.05) is 40.0 Å². The molecule has 0 radical (unpaired) electrons. The summed E-state index contributed by atoms with van der Waals surface area (Å²) in [5, 5.41) is 45.6. The van der Waals surface area contributed by atoms with Gasteiger partial charge in [-0.1, -0.05) is 35.5 Å². The zero-order chi connectivity index (χ0) is 24.8. The van der Waals surface area contributed by atoms with Crippen LogP contribution in [0.1, 0.15) is 16.8 Å². The maximum atomic E-state index is 9.99. The molecule has 3 N–H and O–H groups in total. The fraction of sp³-hybridized carbons (Fsp3) is 0.174. The fourth-order valence-corrected chi connectivity index (χ4v) is 5.73. The summed E-state index contributed by atoms with van der Waals surface area (Å²) in [6.45, 7) is -0.443. The van der Waals surface area contributed by atoms with Gasteiger partial charge in [0.25, 0.3) is 0 Å². The van der Waals surface area contributed by atoms with Crippen LogP contribution in [0.15, 0.2) is 46.4 Å². The molecule has 4 rings (SSSR count). The first-order valence-corrected chi connectivity index (χ1v) is 13.3. The summed E-state index contributed by atoms with van der Waals surface area (Å²) < 4.78 is 0. The lowest BCUT2D eigenvalue weighted by atomic mass is 10.0. The topological polar surface area (TPSA) is 139 Å². The average molecular weight is 541 g/mol. The minimum Gasteiger partial charge on any atom is -0.394 e. The van der Waals surface area contributed by atoms with Crippen molar-refractivity contribution in [2.24, 2.45) is 0 Å². The van der Waals surface area contributed by atoms with E-state index in [1.807, 2.05) is 29.6 Å². The maximum Gasteiger partial charge on any atom is 0.146 e. The molecule has 0 aliphatic rings. The van der Waals surface area contributed by atoms with Crippen molar-refractivity contribution >= 4 is 51.9 Å². The number of halogens is 1. The number of hydrogen-bond acceptors (Lipinski definition) is 11. The van der Waals surface area contributed by atoms with Crippen molar-refractivity contribution in [2.45, 2.75) is 16.9 Å². The molecule has 8 nitrogen and oxygen atoms in total. The summed E-state index contributed by atoms with van der Waals surface area (Å²) in [5.41, 5.74) is 4.31. The Labute approximate surface area is 218 Å². The predicted octanol–water partition coefficient (Wildman–Crippen LogP) is 4.78. The quantitative estimate of drug-likeness (QED) is 0.256. The summed E-state index contributed by atoms with van der Waals surface area (Å²) in [7, 11) is 0. The fourth-order valence-electron chi connectivity index (χ4n) is 3.11. The molecule has 0 aliphatic heterocycles. The summed E-state index contributed by atoms with van der Waals surface area (Å²) in [4.78, 5) is 14.0. The highest BCUT2D eigenvalue weighted by atomic mass is 35.5. The summed E-state index contributed by atoms with van der Waals surface area (Å²) in [5.74, 6) is 0.684. The third kappa shape index (κ3) is 5.80. The molecule has 12 heteroatoms. The van der Waals surface area contributed by atoms with E-state index in [-0.39, 0.29) is 23.5 Å². The maximum absolute atomic E-state index is 9.99. The Morgan fingerprint density at radius 3 is 2.54 bits per heavy atom. The summed E-state index contributed by atoms with van der Waals surface area (Å²) in [6, 6.07) is 11.8. The second kappa shape index (κ2) is 11.6. The van der Waals surface area contributed by atoms with Gasteiger partial charge in [0.15, 0.2) is 0 Å². The predicted molar refractivity (Wildman–Crippen MR) is 138 cm³/mol. The molecule has 0 unspecified atom stereocenters. The number of thiazole rings is 2. The molecular weight excluding hydrogens is 524 g/mol. The zero-order valence-corrected chi connectivity index (χ0v) is 21.2. The van der Waals surface area contributed by atoms with Crippen molar-refractivity contribution in [1.29, 1.82) is 10.5 Å². The molecule has 0 saturated heterocycles. The number of aliphatic hydroxyl groups is 2. The number of thioether (sulfide) groups is 1. The molecule has 3 aromatic heterocycles. The molecule has 4 aromatic rings. The van der Waals surface area contributed by atoms with Gasteiger partial charge in [-0.2, -0.15) is 10.5 Å². The van der Waals surface area contributed by atoms with Crippen molar-refractivity contribution in [1.82, 2.24) is 15.0 Å². The first-order valence-electron chi connectivity index (χ1n) is 10.2. The molecule has 0 saturated carbocycles. The van der Waals surface area contributed by atoms with E-state index in [2.05, 4.69) is 32.4 Å². The van der Waals surface area contributed by atoms with Crippen LogP contribution in [0, 0.1) is 22.7 Å². The van der Waals surface area contributed by atoms with Gasteiger partial charge in [-0.3, -0.25) is 4.98 Å². The van der Waals surface area contributed by atoms with Crippen molar-refractivity contribution in [2.75, 3.05) is 18.5 Å². The first-order chi connectivity index (χ1) is 17.0. The summed E-state index contributed by atoms with van der Waals surface area (Å²) in [6.07, 6.45) is 0.574. The minimum atomic E-state index is -1.02. The number of anilines is 1. The molecule has 35 heavy (non-hydrogen) atoms. The minimum absolute atomic E-state index is 0.00709. The van der Waals surface area contributed by atoms with Crippen molar-refractivity contribution in [3.8, 4) is 33.2 Å². The Hall–Kier alpha value is -3.03. The highest BCUT2D eigenvalue weighted by Crippen LogP contribution is 2.39. The number of nitrogens with one attached hydrogen (secondary N) is 1. The molecule has 1 aromatic carbocycles. The summed E-state index contributed by atoms with van der Waals surface area (Å²) >= 11 is 10.1. The lowest BCUT2D eigenvalue weighted by Gasteiger charge is -2.16. The number of aliphatic hydroxyl groups excluding tert-OH is 2. The van der Waals surface area contributed by atoms with Gasteiger partial charge >= 0.3 is 0 Å². The number of rotatable bonds is 9. The van der Waals surface area contributed by atoms with Crippen LogP contribution in [0.2, 0.25) is 5.02 Å².